The van der Waals surface area contributed by atoms with E-state index in [2.05, 4.69) is 6.92 Å². The number of hydrogen-bond donors (Lipinski definition) is 0. The average molecular weight is 414 g/mol. The lowest BCUT2D eigenvalue weighted by molar-refractivity contribution is 0.242. The topological polar surface area (TPSA) is 0 Å². The van der Waals surface area contributed by atoms with Gasteiger partial charge in [0.2, 0.25) is 0 Å². The standard InChI is InChI=1S/C26H26F4/c1-15-3-6-17(7-4-15)21-13-14-22(26(30)25(21)29)19-10-8-18(9-11-19)20-12-5-16(2)23(27)24(20)28/h5-6,8-15,23-26H,3-4,7H2,1-2H3. The summed E-state index contributed by atoms with van der Waals surface area (Å²) >= 11 is 0. The molecular formula is C26H26F4. The van der Waals surface area contributed by atoms with Crippen LogP contribution in [0.15, 0.2) is 71.4 Å². The summed E-state index contributed by atoms with van der Waals surface area (Å²) in [5.41, 5.74) is 3.34. The summed E-state index contributed by atoms with van der Waals surface area (Å²) < 4.78 is 58.3. The van der Waals surface area contributed by atoms with E-state index < -0.39 is 24.7 Å². The second-order valence-corrected chi connectivity index (χ2v) is 8.57. The van der Waals surface area contributed by atoms with Gasteiger partial charge in [-0.15, -0.1) is 0 Å². The van der Waals surface area contributed by atoms with Gasteiger partial charge in [0.1, 0.15) is 0 Å². The van der Waals surface area contributed by atoms with E-state index >= 15 is 0 Å². The van der Waals surface area contributed by atoms with E-state index in [9.17, 15) is 17.6 Å². The van der Waals surface area contributed by atoms with Crippen LogP contribution in [0.25, 0.3) is 11.1 Å². The normalized spacial score (nSPS) is 31.9. The molecule has 30 heavy (non-hydrogen) atoms. The van der Waals surface area contributed by atoms with Gasteiger partial charge >= 0.3 is 0 Å². The van der Waals surface area contributed by atoms with Crippen LogP contribution in [0, 0.1) is 5.92 Å². The molecule has 0 fully saturated rings. The highest BCUT2D eigenvalue weighted by Crippen LogP contribution is 2.39. The lowest BCUT2D eigenvalue weighted by Crippen LogP contribution is -2.25. The zero-order valence-corrected chi connectivity index (χ0v) is 17.2. The number of hydrogen-bond acceptors (Lipinski definition) is 0. The molecule has 5 atom stereocenters. The molecule has 4 heteroatoms. The third-order valence-corrected chi connectivity index (χ3v) is 6.40. The van der Waals surface area contributed by atoms with Crippen molar-refractivity contribution in [3.63, 3.8) is 0 Å². The maximum Gasteiger partial charge on any atom is 0.161 e. The van der Waals surface area contributed by atoms with E-state index in [4.69, 9.17) is 0 Å². The highest BCUT2D eigenvalue weighted by Gasteiger charge is 2.34. The Labute approximate surface area is 175 Å². The molecule has 5 unspecified atom stereocenters. The Morgan fingerprint density at radius 1 is 0.700 bits per heavy atom. The van der Waals surface area contributed by atoms with Crippen LogP contribution in [0.3, 0.4) is 0 Å². The molecule has 0 heterocycles. The van der Waals surface area contributed by atoms with Crippen LogP contribution in [-0.2, 0) is 0 Å². The van der Waals surface area contributed by atoms with E-state index in [1.807, 2.05) is 6.08 Å². The van der Waals surface area contributed by atoms with Gasteiger partial charge in [-0.25, -0.2) is 17.6 Å². The molecule has 4 rings (SSSR count). The number of alkyl halides is 4. The third-order valence-electron chi connectivity index (χ3n) is 6.40. The molecule has 1 aromatic rings. The van der Waals surface area contributed by atoms with Gasteiger partial charge in [0.15, 0.2) is 24.7 Å². The fourth-order valence-corrected chi connectivity index (χ4v) is 4.35. The predicted molar refractivity (Wildman–Crippen MR) is 115 cm³/mol. The predicted octanol–water partition coefficient (Wildman–Crippen LogP) is 7.45. The van der Waals surface area contributed by atoms with Crippen LogP contribution in [0.5, 0.6) is 0 Å². The summed E-state index contributed by atoms with van der Waals surface area (Å²) in [5.74, 6) is 0.581. The highest BCUT2D eigenvalue weighted by atomic mass is 19.2. The Kier molecular flexibility index (Phi) is 5.86. The van der Waals surface area contributed by atoms with Crippen LogP contribution >= 0.6 is 0 Å². The minimum atomic E-state index is -1.75. The van der Waals surface area contributed by atoms with Crippen molar-refractivity contribution in [2.24, 2.45) is 5.92 Å². The highest BCUT2D eigenvalue weighted by molar-refractivity contribution is 5.77. The quantitative estimate of drug-likeness (QED) is 0.451. The average Bonchev–Trinajstić information content (AvgIpc) is 2.75. The molecule has 3 aliphatic carbocycles. The Morgan fingerprint density at radius 3 is 1.77 bits per heavy atom. The van der Waals surface area contributed by atoms with Gasteiger partial charge in [-0.1, -0.05) is 61.6 Å². The fraction of sp³-hybridized carbons (Fsp3) is 0.385. The van der Waals surface area contributed by atoms with Crippen molar-refractivity contribution in [1.29, 1.82) is 0 Å². The molecule has 0 saturated carbocycles. The lowest BCUT2D eigenvalue weighted by atomic mass is 9.81. The van der Waals surface area contributed by atoms with E-state index in [-0.39, 0.29) is 11.1 Å². The summed E-state index contributed by atoms with van der Waals surface area (Å²) in [6.45, 7) is 3.72. The zero-order valence-electron chi connectivity index (χ0n) is 17.2. The SMILES string of the molecule is CC1=CC=C(c2ccc(C3=CC=C(C4=CCC(C)CC4)C(F)C3F)cc2)C(F)C1F. The molecule has 0 saturated heterocycles. The van der Waals surface area contributed by atoms with Crippen molar-refractivity contribution in [3.05, 3.63) is 82.5 Å². The first kappa shape index (κ1) is 20.9. The summed E-state index contributed by atoms with van der Waals surface area (Å²) in [6.07, 6.45) is 4.36. The van der Waals surface area contributed by atoms with E-state index in [1.165, 1.54) is 0 Å². The van der Waals surface area contributed by atoms with E-state index in [1.54, 1.807) is 55.5 Å². The molecule has 0 aromatic heterocycles. The number of halogens is 4. The van der Waals surface area contributed by atoms with Gasteiger partial charge < -0.3 is 0 Å². The Balaban J connectivity index is 1.59. The van der Waals surface area contributed by atoms with Gasteiger partial charge in [0.25, 0.3) is 0 Å². The van der Waals surface area contributed by atoms with Crippen molar-refractivity contribution < 1.29 is 17.6 Å². The maximum atomic E-state index is 15.0. The van der Waals surface area contributed by atoms with Gasteiger partial charge in [-0.2, -0.15) is 0 Å². The van der Waals surface area contributed by atoms with Crippen molar-refractivity contribution in [3.8, 4) is 0 Å². The summed E-state index contributed by atoms with van der Waals surface area (Å²) in [5, 5.41) is 0. The molecule has 0 N–H and O–H groups in total. The Bertz CT molecular complexity index is 961. The third kappa shape index (κ3) is 3.84. The van der Waals surface area contributed by atoms with Gasteiger partial charge in [0.05, 0.1) is 0 Å². The summed E-state index contributed by atoms with van der Waals surface area (Å²) in [6, 6.07) is 6.57. The number of benzene rings is 1. The first-order valence-electron chi connectivity index (χ1n) is 10.5. The van der Waals surface area contributed by atoms with Crippen molar-refractivity contribution in [1.82, 2.24) is 0 Å². The molecule has 0 nitrogen and oxygen atoms in total. The zero-order chi connectivity index (χ0) is 21.4. The first-order chi connectivity index (χ1) is 14.4. The molecule has 0 aliphatic heterocycles. The number of allylic oxidation sites excluding steroid dienone is 10. The summed E-state index contributed by atoms with van der Waals surface area (Å²) in [7, 11) is 0. The van der Waals surface area contributed by atoms with Crippen LogP contribution in [-0.4, -0.2) is 24.7 Å². The molecule has 0 bridgehead atoms. The first-order valence-corrected chi connectivity index (χ1v) is 10.5. The summed E-state index contributed by atoms with van der Waals surface area (Å²) in [4.78, 5) is 0. The molecular weight excluding hydrogens is 388 g/mol. The van der Waals surface area contributed by atoms with Crippen molar-refractivity contribution in [2.75, 3.05) is 0 Å². The molecule has 3 aliphatic rings. The van der Waals surface area contributed by atoms with E-state index in [0.717, 1.165) is 24.8 Å². The monoisotopic (exact) mass is 414 g/mol. The minimum absolute atomic E-state index is 0.262. The maximum absolute atomic E-state index is 15.0. The van der Waals surface area contributed by atoms with Crippen molar-refractivity contribution in [2.45, 2.75) is 57.8 Å². The second kappa shape index (κ2) is 8.41. The molecule has 0 spiro atoms. The minimum Gasteiger partial charge on any atom is -0.239 e. The molecule has 0 amide bonds. The molecule has 0 radical (unpaired) electrons. The fourth-order valence-electron chi connectivity index (χ4n) is 4.35. The van der Waals surface area contributed by atoms with Gasteiger partial charge in [0, 0.05) is 0 Å². The Hall–Kier alpha value is -2.36. The van der Waals surface area contributed by atoms with Crippen LogP contribution in [0.1, 0.15) is 44.2 Å². The lowest BCUT2D eigenvalue weighted by Gasteiger charge is -2.28. The van der Waals surface area contributed by atoms with Gasteiger partial charge in [-0.05, 0) is 71.1 Å². The number of rotatable bonds is 3. The molecule has 1 aromatic carbocycles. The van der Waals surface area contributed by atoms with Crippen LogP contribution < -0.4 is 0 Å². The van der Waals surface area contributed by atoms with E-state index in [0.29, 0.717) is 28.2 Å². The molecule has 158 valence electrons. The smallest absolute Gasteiger partial charge is 0.161 e. The van der Waals surface area contributed by atoms with Crippen LogP contribution in [0.4, 0.5) is 17.6 Å². The Morgan fingerprint density at radius 2 is 1.20 bits per heavy atom. The largest absolute Gasteiger partial charge is 0.239 e. The second-order valence-electron chi connectivity index (χ2n) is 8.57. The van der Waals surface area contributed by atoms with Crippen LogP contribution in [0.2, 0.25) is 0 Å². The van der Waals surface area contributed by atoms with Gasteiger partial charge in [-0.3, -0.25) is 0 Å². The van der Waals surface area contributed by atoms with Crippen molar-refractivity contribution >= 4 is 11.1 Å².